The van der Waals surface area contributed by atoms with Gasteiger partial charge < -0.3 is 9.15 Å². The van der Waals surface area contributed by atoms with Crippen LogP contribution in [0.5, 0.6) is 5.75 Å². The Kier molecular flexibility index (Phi) is 3.82. The second-order valence-corrected chi connectivity index (χ2v) is 4.06. The van der Waals surface area contributed by atoms with Crippen molar-refractivity contribution in [2.75, 3.05) is 7.11 Å². The van der Waals surface area contributed by atoms with E-state index < -0.39 is 0 Å². The molecule has 0 saturated carbocycles. The number of carbonyl (C=O) groups is 1. The van der Waals surface area contributed by atoms with Crippen molar-refractivity contribution in [2.45, 2.75) is 19.8 Å². The fourth-order valence-electron chi connectivity index (χ4n) is 1.89. The number of methoxy groups -OCH3 is 1. The van der Waals surface area contributed by atoms with Gasteiger partial charge in [0.2, 0.25) is 0 Å². The van der Waals surface area contributed by atoms with Crippen LogP contribution in [0.15, 0.2) is 41.0 Å². The van der Waals surface area contributed by atoms with Gasteiger partial charge in [0.1, 0.15) is 11.5 Å². The van der Waals surface area contributed by atoms with E-state index in [1.165, 1.54) is 0 Å². The normalized spacial score (nSPS) is 10.3. The lowest BCUT2D eigenvalue weighted by Crippen LogP contribution is -2.04. The Hall–Kier alpha value is -2.03. The first-order valence-corrected chi connectivity index (χ1v) is 5.97. The van der Waals surface area contributed by atoms with Gasteiger partial charge >= 0.3 is 0 Å². The summed E-state index contributed by atoms with van der Waals surface area (Å²) in [6.07, 6.45) is 2.69. The van der Waals surface area contributed by atoms with Crippen molar-refractivity contribution in [3.8, 4) is 5.75 Å². The van der Waals surface area contributed by atoms with Crippen molar-refractivity contribution >= 4 is 5.78 Å². The van der Waals surface area contributed by atoms with Crippen molar-refractivity contribution in [1.82, 2.24) is 0 Å². The molecule has 3 heteroatoms. The Morgan fingerprint density at radius 1 is 1.22 bits per heavy atom. The quantitative estimate of drug-likeness (QED) is 0.758. The summed E-state index contributed by atoms with van der Waals surface area (Å²) in [4.78, 5) is 12.1. The van der Waals surface area contributed by atoms with Crippen molar-refractivity contribution in [1.29, 1.82) is 0 Å². The third-order valence-corrected chi connectivity index (χ3v) is 2.89. The Bertz CT molecular complexity index is 523. The molecular formula is C15H16O3. The molecule has 1 heterocycles. The second kappa shape index (κ2) is 5.54. The smallest absolute Gasteiger partial charge is 0.170 e. The molecule has 94 valence electrons. The molecule has 0 radical (unpaired) electrons. The van der Waals surface area contributed by atoms with Crippen LogP contribution < -0.4 is 4.74 Å². The summed E-state index contributed by atoms with van der Waals surface area (Å²) >= 11 is 0. The van der Waals surface area contributed by atoms with Gasteiger partial charge in [-0.05, 0) is 23.8 Å². The Morgan fingerprint density at radius 3 is 2.56 bits per heavy atom. The van der Waals surface area contributed by atoms with Gasteiger partial charge in [0, 0.05) is 12.8 Å². The minimum atomic E-state index is 0.0887. The minimum Gasteiger partial charge on any atom is -0.497 e. The van der Waals surface area contributed by atoms with Gasteiger partial charge in [-0.25, -0.2) is 0 Å². The molecule has 1 aromatic carbocycles. The van der Waals surface area contributed by atoms with Crippen molar-refractivity contribution in [3.63, 3.8) is 0 Å². The lowest BCUT2D eigenvalue weighted by atomic mass is 10.0. The summed E-state index contributed by atoms with van der Waals surface area (Å²) in [7, 11) is 1.62. The van der Waals surface area contributed by atoms with E-state index in [-0.39, 0.29) is 5.78 Å². The highest BCUT2D eigenvalue weighted by Crippen LogP contribution is 2.16. The molecule has 2 rings (SSSR count). The largest absolute Gasteiger partial charge is 0.497 e. The maximum absolute atomic E-state index is 12.1. The summed E-state index contributed by atoms with van der Waals surface area (Å²) < 4.78 is 10.4. The molecule has 0 aliphatic carbocycles. The molecule has 0 saturated heterocycles. The van der Waals surface area contributed by atoms with Crippen molar-refractivity contribution in [3.05, 3.63) is 53.5 Å². The van der Waals surface area contributed by atoms with Crippen LogP contribution in [-0.2, 0) is 12.8 Å². The number of carbonyl (C=O) groups excluding carboxylic acids is 1. The Morgan fingerprint density at radius 2 is 1.94 bits per heavy atom. The number of hydrogen-bond acceptors (Lipinski definition) is 3. The summed E-state index contributed by atoms with van der Waals surface area (Å²) in [6.45, 7) is 1.98. The fourth-order valence-corrected chi connectivity index (χ4v) is 1.89. The zero-order valence-corrected chi connectivity index (χ0v) is 10.6. The predicted octanol–water partition coefficient (Wildman–Crippen LogP) is 3.28. The van der Waals surface area contributed by atoms with Crippen LogP contribution in [-0.4, -0.2) is 12.9 Å². The SMILES string of the molecule is CCc1occc1C(=O)Cc1ccc(OC)cc1. The lowest BCUT2D eigenvalue weighted by molar-refractivity contribution is 0.0991. The number of aryl methyl sites for hydroxylation is 1. The summed E-state index contributed by atoms with van der Waals surface area (Å²) in [6, 6.07) is 9.27. The van der Waals surface area contributed by atoms with Gasteiger partial charge in [0.15, 0.2) is 5.78 Å². The number of rotatable bonds is 5. The molecule has 0 aliphatic rings. The van der Waals surface area contributed by atoms with Crippen LogP contribution in [0.2, 0.25) is 0 Å². The Balaban J connectivity index is 2.11. The van der Waals surface area contributed by atoms with Gasteiger partial charge in [-0.1, -0.05) is 19.1 Å². The van der Waals surface area contributed by atoms with E-state index in [0.29, 0.717) is 12.0 Å². The summed E-state index contributed by atoms with van der Waals surface area (Å²) in [5.74, 6) is 1.64. The number of Topliss-reactive ketones (excluding diaryl/α,β-unsaturated/α-hetero) is 1. The van der Waals surface area contributed by atoms with E-state index >= 15 is 0 Å². The van der Waals surface area contributed by atoms with Gasteiger partial charge in [0.05, 0.1) is 18.9 Å². The van der Waals surface area contributed by atoms with Gasteiger partial charge in [-0.3, -0.25) is 4.79 Å². The molecule has 0 unspecified atom stereocenters. The molecule has 0 aliphatic heterocycles. The summed E-state index contributed by atoms with van der Waals surface area (Å²) in [5.41, 5.74) is 1.66. The van der Waals surface area contributed by atoms with Gasteiger partial charge in [-0.2, -0.15) is 0 Å². The molecule has 18 heavy (non-hydrogen) atoms. The number of ketones is 1. The van der Waals surface area contributed by atoms with Crippen LogP contribution in [0.1, 0.15) is 28.6 Å². The first kappa shape index (κ1) is 12.4. The first-order valence-electron chi connectivity index (χ1n) is 5.97. The Labute approximate surface area is 106 Å². The molecule has 0 amide bonds. The monoisotopic (exact) mass is 244 g/mol. The first-order chi connectivity index (χ1) is 8.74. The highest BCUT2D eigenvalue weighted by atomic mass is 16.5. The molecule has 0 spiro atoms. The minimum absolute atomic E-state index is 0.0887. The third-order valence-electron chi connectivity index (χ3n) is 2.89. The van der Waals surface area contributed by atoms with Crippen molar-refractivity contribution in [2.24, 2.45) is 0 Å². The van der Waals surface area contributed by atoms with Gasteiger partial charge in [-0.15, -0.1) is 0 Å². The zero-order chi connectivity index (χ0) is 13.0. The summed E-state index contributed by atoms with van der Waals surface area (Å²) in [5, 5.41) is 0. The number of ether oxygens (including phenoxy) is 1. The third kappa shape index (κ3) is 2.62. The van der Waals surface area contributed by atoms with E-state index in [1.54, 1.807) is 19.4 Å². The van der Waals surface area contributed by atoms with E-state index in [0.717, 1.165) is 23.5 Å². The molecule has 0 atom stereocenters. The molecule has 0 bridgehead atoms. The molecule has 1 aromatic heterocycles. The highest BCUT2D eigenvalue weighted by Gasteiger charge is 2.13. The lowest BCUT2D eigenvalue weighted by Gasteiger charge is -2.03. The molecule has 0 fully saturated rings. The standard InChI is InChI=1S/C15H16O3/c1-3-15-13(8-9-18-15)14(16)10-11-4-6-12(17-2)7-5-11/h4-9H,3,10H2,1-2H3. The number of furan rings is 1. The van der Waals surface area contributed by atoms with Crippen LogP contribution >= 0.6 is 0 Å². The van der Waals surface area contributed by atoms with Crippen molar-refractivity contribution < 1.29 is 13.9 Å². The van der Waals surface area contributed by atoms with Crippen LogP contribution in [0.25, 0.3) is 0 Å². The molecule has 2 aromatic rings. The molecule has 3 nitrogen and oxygen atoms in total. The fraction of sp³-hybridized carbons (Fsp3) is 0.267. The maximum Gasteiger partial charge on any atom is 0.170 e. The number of hydrogen-bond donors (Lipinski definition) is 0. The number of benzene rings is 1. The molecule has 0 N–H and O–H groups in total. The van der Waals surface area contributed by atoms with E-state index in [4.69, 9.17) is 9.15 Å². The van der Waals surface area contributed by atoms with Crippen LogP contribution in [0.3, 0.4) is 0 Å². The molecular weight excluding hydrogens is 228 g/mol. The van der Waals surface area contributed by atoms with Crippen LogP contribution in [0.4, 0.5) is 0 Å². The van der Waals surface area contributed by atoms with E-state index in [9.17, 15) is 4.79 Å². The average Bonchev–Trinajstić information content (AvgIpc) is 2.88. The van der Waals surface area contributed by atoms with Gasteiger partial charge in [0.25, 0.3) is 0 Å². The van der Waals surface area contributed by atoms with Crippen LogP contribution in [0, 0.1) is 0 Å². The predicted molar refractivity (Wildman–Crippen MR) is 69.1 cm³/mol. The average molecular weight is 244 g/mol. The zero-order valence-electron chi connectivity index (χ0n) is 10.6. The highest BCUT2D eigenvalue weighted by molar-refractivity contribution is 5.98. The second-order valence-electron chi connectivity index (χ2n) is 4.06. The topological polar surface area (TPSA) is 39.4 Å². The van der Waals surface area contributed by atoms with E-state index in [2.05, 4.69) is 0 Å². The maximum atomic E-state index is 12.1. The van der Waals surface area contributed by atoms with E-state index in [1.807, 2.05) is 31.2 Å².